The Morgan fingerprint density at radius 1 is 1.00 bits per heavy atom. The molecule has 3 rings (SSSR count). The summed E-state index contributed by atoms with van der Waals surface area (Å²) in [5, 5.41) is 9.18. The van der Waals surface area contributed by atoms with Crippen molar-refractivity contribution in [1.82, 2.24) is 9.21 Å². The van der Waals surface area contributed by atoms with Crippen LogP contribution in [-0.4, -0.2) is 50.2 Å². The van der Waals surface area contributed by atoms with Gasteiger partial charge in [-0.1, -0.05) is 18.2 Å². The van der Waals surface area contributed by atoms with Crippen molar-refractivity contribution in [3.05, 3.63) is 59.7 Å². The van der Waals surface area contributed by atoms with Gasteiger partial charge in [0.1, 0.15) is 5.75 Å². The van der Waals surface area contributed by atoms with Gasteiger partial charge >= 0.3 is 6.36 Å². The van der Waals surface area contributed by atoms with Crippen LogP contribution in [0.3, 0.4) is 0 Å². The quantitative estimate of drug-likeness (QED) is 0.737. The van der Waals surface area contributed by atoms with Gasteiger partial charge in [-0.05, 0) is 35.9 Å². The van der Waals surface area contributed by atoms with Crippen LogP contribution in [0.25, 0.3) is 0 Å². The van der Waals surface area contributed by atoms with Crippen LogP contribution in [0.4, 0.5) is 13.2 Å². The summed E-state index contributed by atoms with van der Waals surface area (Å²) in [7, 11) is -3.81. The summed E-state index contributed by atoms with van der Waals surface area (Å²) in [6.07, 6.45) is -4.83. The summed E-state index contributed by atoms with van der Waals surface area (Å²) in [4.78, 5) is 1.97. The number of nitriles is 1. The third kappa shape index (κ3) is 5.26. The molecular formula is C19H18F3N3O3S. The highest BCUT2D eigenvalue weighted by Crippen LogP contribution is 2.25. The van der Waals surface area contributed by atoms with Gasteiger partial charge in [0.05, 0.1) is 16.5 Å². The van der Waals surface area contributed by atoms with E-state index in [1.165, 1.54) is 4.31 Å². The summed E-state index contributed by atoms with van der Waals surface area (Å²) in [6.45, 7) is 2.00. The van der Waals surface area contributed by atoms with Crippen molar-refractivity contribution in [3.8, 4) is 11.8 Å². The maximum atomic E-state index is 12.8. The van der Waals surface area contributed by atoms with E-state index in [2.05, 4.69) is 15.7 Å². The summed E-state index contributed by atoms with van der Waals surface area (Å²) < 4.78 is 67.3. The summed E-state index contributed by atoms with van der Waals surface area (Å²) in [5.41, 5.74) is 1.47. The van der Waals surface area contributed by atoms with Gasteiger partial charge < -0.3 is 4.74 Å². The van der Waals surface area contributed by atoms with Crippen molar-refractivity contribution in [2.75, 3.05) is 26.2 Å². The zero-order valence-corrected chi connectivity index (χ0v) is 16.1. The molecule has 1 heterocycles. The lowest BCUT2D eigenvalue weighted by molar-refractivity contribution is -0.274. The van der Waals surface area contributed by atoms with E-state index >= 15 is 0 Å². The van der Waals surface area contributed by atoms with E-state index in [0.29, 0.717) is 25.2 Å². The number of hydrogen-bond donors (Lipinski definition) is 0. The lowest BCUT2D eigenvalue weighted by Crippen LogP contribution is -2.48. The highest BCUT2D eigenvalue weighted by Gasteiger charge is 2.32. The van der Waals surface area contributed by atoms with E-state index in [9.17, 15) is 26.9 Å². The first-order chi connectivity index (χ1) is 13.7. The first-order valence-electron chi connectivity index (χ1n) is 8.75. The van der Waals surface area contributed by atoms with Crippen molar-refractivity contribution in [2.45, 2.75) is 17.8 Å². The number of piperazine rings is 1. The number of benzene rings is 2. The van der Waals surface area contributed by atoms with Crippen molar-refractivity contribution in [1.29, 1.82) is 5.26 Å². The Labute approximate surface area is 166 Å². The van der Waals surface area contributed by atoms with E-state index in [0.717, 1.165) is 29.8 Å². The van der Waals surface area contributed by atoms with Crippen molar-refractivity contribution in [3.63, 3.8) is 0 Å². The Bertz CT molecular complexity index is 994. The van der Waals surface area contributed by atoms with Crippen LogP contribution >= 0.6 is 0 Å². The van der Waals surface area contributed by atoms with E-state index < -0.39 is 22.1 Å². The summed E-state index contributed by atoms with van der Waals surface area (Å²) in [6, 6.07) is 13.6. The van der Waals surface area contributed by atoms with Crippen LogP contribution in [-0.2, 0) is 16.6 Å². The molecule has 2 aromatic rings. The number of alkyl halides is 3. The normalized spacial score (nSPS) is 16.3. The number of nitrogens with zero attached hydrogens (tertiary/aromatic N) is 3. The molecule has 0 unspecified atom stereocenters. The molecule has 1 saturated heterocycles. The molecule has 0 saturated carbocycles. The van der Waals surface area contributed by atoms with Crippen molar-refractivity contribution < 1.29 is 26.3 Å². The van der Waals surface area contributed by atoms with Gasteiger partial charge in [0.15, 0.2) is 0 Å². The molecule has 1 aliphatic heterocycles. The minimum absolute atomic E-state index is 0.0877. The Morgan fingerprint density at radius 3 is 2.21 bits per heavy atom. The van der Waals surface area contributed by atoms with Gasteiger partial charge in [-0.3, -0.25) is 4.90 Å². The zero-order chi connectivity index (χ0) is 21.1. The first-order valence-corrected chi connectivity index (χ1v) is 10.2. The number of rotatable bonds is 5. The van der Waals surface area contributed by atoms with E-state index in [-0.39, 0.29) is 18.0 Å². The Kier molecular flexibility index (Phi) is 6.12. The van der Waals surface area contributed by atoms with Crippen LogP contribution in [0, 0.1) is 11.3 Å². The highest BCUT2D eigenvalue weighted by atomic mass is 32.2. The smallest absolute Gasteiger partial charge is 0.406 e. The van der Waals surface area contributed by atoms with Gasteiger partial charge in [-0.15, -0.1) is 13.2 Å². The minimum atomic E-state index is -4.83. The first kappa shape index (κ1) is 21.1. The molecule has 29 heavy (non-hydrogen) atoms. The number of sulfonamides is 1. The van der Waals surface area contributed by atoms with Crippen molar-refractivity contribution in [2.24, 2.45) is 0 Å². The molecule has 0 radical (unpaired) electrons. The molecule has 6 nitrogen and oxygen atoms in total. The second kappa shape index (κ2) is 8.41. The fourth-order valence-electron chi connectivity index (χ4n) is 3.10. The van der Waals surface area contributed by atoms with E-state index in [1.807, 2.05) is 12.1 Å². The van der Waals surface area contributed by atoms with Gasteiger partial charge in [-0.25, -0.2) is 8.42 Å². The second-order valence-electron chi connectivity index (χ2n) is 6.47. The molecule has 0 amide bonds. The molecular weight excluding hydrogens is 407 g/mol. The summed E-state index contributed by atoms with van der Waals surface area (Å²) in [5.74, 6) is -0.475. The van der Waals surface area contributed by atoms with Crippen LogP contribution < -0.4 is 4.74 Å². The fourth-order valence-corrected chi connectivity index (χ4v) is 4.52. The molecule has 0 atom stereocenters. The van der Waals surface area contributed by atoms with Crippen LogP contribution in [0.2, 0.25) is 0 Å². The van der Waals surface area contributed by atoms with Crippen LogP contribution in [0.1, 0.15) is 11.1 Å². The zero-order valence-electron chi connectivity index (χ0n) is 15.3. The molecule has 10 heteroatoms. The molecule has 0 bridgehead atoms. The average Bonchev–Trinajstić information content (AvgIpc) is 2.68. The monoisotopic (exact) mass is 425 g/mol. The van der Waals surface area contributed by atoms with E-state index in [4.69, 9.17) is 0 Å². The van der Waals surface area contributed by atoms with Gasteiger partial charge in [-0.2, -0.15) is 9.57 Å². The number of hydrogen-bond acceptors (Lipinski definition) is 5. The Balaban J connectivity index is 1.63. The average molecular weight is 425 g/mol. The van der Waals surface area contributed by atoms with Crippen LogP contribution in [0.5, 0.6) is 5.75 Å². The molecule has 0 N–H and O–H groups in total. The molecule has 0 spiro atoms. The number of ether oxygens (including phenoxy) is 1. The summed E-state index contributed by atoms with van der Waals surface area (Å²) >= 11 is 0. The van der Waals surface area contributed by atoms with Gasteiger partial charge in [0.2, 0.25) is 10.0 Å². The lowest BCUT2D eigenvalue weighted by Gasteiger charge is -2.34. The van der Waals surface area contributed by atoms with Gasteiger partial charge in [0.25, 0.3) is 0 Å². The highest BCUT2D eigenvalue weighted by molar-refractivity contribution is 7.89. The standard InChI is InChI=1S/C19H18F3N3O3S/c20-19(21,22)28-17-5-7-18(8-6-17)29(26,27)25-11-9-24(10-12-25)14-16-4-2-1-3-15(16)13-23/h1-8H,9-12,14H2. The molecule has 1 fully saturated rings. The molecule has 0 aromatic heterocycles. The van der Waals surface area contributed by atoms with Gasteiger partial charge in [0, 0.05) is 32.7 Å². The third-order valence-corrected chi connectivity index (χ3v) is 6.47. The second-order valence-corrected chi connectivity index (χ2v) is 8.41. The molecule has 1 aliphatic rings. The maximum Gasteiger partial charge on any atom is 0.573 e. The molecule has 0 aliphatic carbocycles. The van der Waals surface area contributed by atoms with E-state index in [1.54, 1.807) is 12.1 Å². The lowest BCUT2D eigenvalue weighted by atomic mass is 10.1. The number of halogens is 3. The predicted molar refractivity (Wildman–Crippen MR) is 98.3 cm³/mol. The Morgan fingerprint density at radius 2 is 1.62 bits per heavy atom. The third-order valence-electron chi connectivity index (χ3n) is 4.56. The maximum absolute atomic E-state index is 12.8. The Hall–Kier alpha value is -2.61. The molecule has 2 aromatic carbocycles. The molecule has 154 valence electrons. The SMILES string of the molecule is N#Cc1ccccc1CN1CCN(S(=O)(=O)c2ccc(OC(F)(F)F)cc2)CC1. The van der Waals surface area contributed by atoms with Crippen molar-refractivity contribution >= 4 is 10.0 Å². The van der Waals surface area contributed by atoms with Crippen LogP contribution in [0.15, 0.2) is 53.4 Å². The predicted octanol–water partition coefficient (Wildman–Crippen LogP) is 2.96. The minimum Gasteiger partial charge on any atom is -0.406 e. The fraction of sp³-hybridized carbons (Fsp3) is 0.316. The topological polar surface area (TPSA) is 73.6 Å². The largest absolute Gasteiger partial charge is 0.573 e.